The van der Waals surface area contributed by atoms with E-state index in [0.29, 0.717) is 6.54 Å². The molecule has 1 fully saturated rings. The standard InChI is InChI=1S/C17H25FN2O.ClH/c1-2-3-8-15(12-19)20-16(21)17(9-5-10-17)13-6-4-7-14(18)11-13;/h4,6-7,11,15H,2-3,5,8-10,12,19H2,1H3,(H,20,21);1H. The number of nitrogens with two attached hydrogens (primary N) is 1. The fourth-order valence-electron chi connectivity index (χ4n) is 2.99. The predicted molar refractivity (Wildman–Crippen MR) is 89.7 cm³/mol. The summed E-state index contributed by atoms with van der Waals surface area (Å²) >= 11 is 0. The van der Waals surface area contributed by atoms with E-state index in [2.05, 4.69) is 12.2 Å². The zero-order valence-electron chi connectivity index (χ0n) is 13.1. The highest BCUT2D eigenvalue weighted by Gasteiger charge is 2.46. The molecule has 1 aliphatic carbocycles. The van der Waals surface area contributed by atoms with Crippen LogP contribution in [-0.2, 0) is 10.2 Å². The van der Waals surface area contributed by atoms with Crippen molar-refractivity contribution in [3.63, 3.8) is 0 Å². The smallest absolute Gasteiger partial charge is 0.230 e. The molecule has 0 bridgehead atoms. The molecule has 1 aliphatic rings. The summed E-state index contributed by atoms with van der Waals surface area (Å²) in [6, 6.07) is 6.45. The number of unbranched alkanes of at least 4 members (excludes halogenated alkanes) is 1. The minimum absolute atomic E-state index is 0. The first-order valence-electron chi connectivity index (χ1n) is 7.89. The van der Waals surface area contributed by atoms with Gasteiger partial charge in [-0.25, -0.2) is 4.39 Å². The van der Waals surface area contributed by atoms with Gasteiger partial charge in [-0.05, 0) is 37.0 Å². The van der Waals surface area contributed by atoms with Crippen molar-refractivity contribution < 1.29 is 9.18 Å². The number of carbonyl (C=O) groups is 1. The molecule has 3 N–H and O–H groups in total. The summed E-state index contributed by atoms with van der Waals surface area (Å²) in [6.45, 7) is 2.57. The number of rotatable bonds is 7. The third kappa shape index (κ3) is 3.99. The molecule has 2 rings (SSSR count). The molecular weight excluding hydrogens is 303 g/mol. The zero-order valence-corrected chi connectivity index (χ0v) is 13.9. The van der Waals surface area contributed by atoms with E-state index in [9.17, 15) is 9.18 Å². The van der Waals surface area contributed by atoms with E-state index in [0.717, 1.165) is 44.1 Å². The Balaban J connectivity index is 0.00000242. The fraction of sp³-hybridized carbons (Fsp3) is 0.588. The number of halogens is 2. The lowest BCUT2D eigenvalue weighted by Crippen LogP contribution is -2.53. The summed E-state index contributed by atoms with van der Waals surface area (Å²) in [5, 5.41) is 3.08. The number of benzene rings is 1. The SMILES string of the molecule is CCCCC(CN)NC(=O)C1(c2cccc(F)c2)CCC1.Cl. The van der Waals surface area contributed by atoms with Crippen molar-refractivity contribution in [1.82, 2.24) is 5.32 Å². The molecule has 1 aromatic carbocycles. The summed E-state index contributed by atoms with van der Waals surface area (Å²) < 4.78 is 13.5. The first-order chi connectivity index (χ1) is 10.1. The van der Waals surface area contributed by atoms with Gasteiger partial charge in [-0.3, -0.25) is 4.79 Å². The van der Waals surface area contributed by atoms with E-state index in [1.807, 2.05) is 6.07 Å². The molecule has 1 unspecified atom stereocenters. The predicted octanol–water partition coefficient (Wildman–Crippen LogP) is 3.30. The first-order valence-corrected chi connectivity index (χ1v) is 7.89. The lowest BCUT2D eigenvalue weighted by Gasteiger charge is -2.41. The van der Waals surface area contributed by atoms with Crippen LogP contribution in [0.15, 0.2) is 24.3 Å². The molecule has 124 valence electrons. The van der Waals surface area contributed by atoms with Gasteiger partial charge in [0.1, 0.15) is 5.82 Å². The Morgan fingerprint density at radius 2 is 2.18 bits per heavy atom. The van der Waals surface area contributed by atoms with Gasteiger partial charge in [-0.15, -0.1) is 12.4 Å². The van der Waals surface area contributed by atoms with E-state index in [-0.39, 0.29) is 30.2 Å². The lowest BCUT2D eigenvalue weighted by atomic mass is 9.63. The number of hydrogen-bond acceptors (Lipinski definition) is 2. The Kier molecular flexibility index (Phi) is 7.30. The van der Waals surface area contributed by atoms with Crippen LogP contribution in [0.25, 0.3) is 0 Å². The topological polar surface area (TPSA) is 55.1 Å². The molecule has 0 radical (unpaired) electrons. The summed E-state index contributed by atoms with van der Waals surface area (Å²) in [4.78, 5) is 12.7. The van der Waals surface area contributed by atoms with E-state index < -0.39 is 5.41 Å². The maximum atomic E-state index is 13.5. The highest BCUT2D eigenvalue weighted by molar-refractivity contribution is 5.89. The van der Waals surface area contributed by atoms with Crippen LogP contribution in [0.3, 0.4) is 0 Å². The van der Waals surface area contributed by atoms with Crippen LogP contribution in [0.2, 0.25) is 0 Å². The van der Waals surface area contributed by atoms with Gasteiger partial charge < -0.3 is 11.1 Å². The van der Waals surface area contributed by atoms with E-state index in [1.54, 1.807) is 6.07 Å². The van der Waals surface area contributed by atoms with Crippen LogP contribution in [0.4, 0.5) is 4.39 Å². The van der Waals surface area contributed by atoms with Crippen molar-refractivity contribution in [1.29, 1.82) is 0 Å². The lowest BCUT2D eigenvalue weighted by molar-refractivity contribution is -0.130. The summed E-state index contributed by atoms with van der Waals surface area (Å²) in [7, 11) is 0. The zero-order chi connectivity index (χ0) is 15.3. The molecule has 0 saturated heterocycles. The van der Waals surface area contributed by atoms with Crippen molar-refractivity contribution in [2.75, 3.05) is 6.54 Å². The van der Waals surface area contributed by atoms with Crippen LogP contribution in [-0.4, -0.2) is 18.5 Å². The summed E-state index contributed by atoms with van der Waals surface area (Å²) in [5.74, 6) is -0.279. The maximum absolute atomic E-state index is 13.5. The highest BCUT2D eigenvalue weighted by atomic mass is 35.5. The van der Waals surface area contributed by atoms with Crippen LogP contribution in [0.1, 0.15) is 51.0 Å². The second-order valence-electron chi connectivity index (χ2n) is 5.99. The number of carbonyl (C=O) groups excluding carboxylic acids is 1. The second-order valence-corrected chi connectivity index (χ2v) is 5.99. The van der Waals surface area contributed by atoms with Gasteiger partial charge in [0.05, 0.1) is 5.41 Å². The fourth-order valence-corrected chi connectivity index (χ4v) is 2.99. The molecule has 22 heavy (non-hydrogen) atoms. The van der Waals surface area contributed by atoms with E-state index in [4.69, 9.17) is 5.73 Å². The largest absolute Gasteiger partial charge is 0.351 e. The molecule has 3 nitrogen and oxygen atoms in total. The number of amides is 1. The van der Waals surface area contributed by atoms with Crippen molar-refractivity contribution in [2.24, 2.45) is 5.73 Å². The van der Waals surface area contributed by atoms with Gasteiger partial charge in [-0.1, -0.05) is 38.3 Å². The van der Waals surface area contributed by atoms with Crippen molar-refractivity contribution in [3.05, 3.63) is 35.6 Å². The normalized spacial score (nSPS) is 17.0. The minimum atomic E-state index is -0.554. The maximum Gasteiger partial charge on any atom is 0.230 e. The van der Waals surface area contributed by atoms with Crippen molar-refractivity contribution in [3.8, 4) is 0 Å². The second kappa shape index (κ2) is 8.49. The average molecular weight is 329 g/mol. The highest BCUT2D eigenvalue weighted by Crippen LogP contribution is 2.44. The first kappa shape index (κ1) is 18.9. The summed E-state index contributed by atoms with van der Waals surface area (Å²) in [5.41, 5.74) is 5.99. The molecule has 0 heterocycles. The van der Waals surface area contributed by atoms with Gasteiger partial charge in [0, 0.05) is 12.6 Å². The van der Waals surface area contributed by atoms with Gasteiger partial charge in [-0.2, -0.15) is 0 Å². The monoisotopic (exact) mass is 328 g/mol. The Labute approximate surface area is 138 Å². The number of nitrogens with one attached hydrogen (secondary N) is 1. The molecule has 1 saturated carbocycles. The molecule has 5 heteroatoms. The van der Waals surface area contributed by atoms with Crippen LogP contribution >= 0.6 is 12.4 Å². The molecule has 1 atom stereocenters. The number of hydrogen-bond donors (Lipinski definition) is 2. The third-order valence-corrected chi connectivity index (χ3v) is 4.54. The molecule has 1 amide bonds. The Hall–Kier alpha value is -1.13. The van der Waals surface area contributed by atoms with Gasteiger partial charge >= 0.3 is 0 Å². The molecule has 0 aliphatic heterocycles. The van der Waals surface area contributed by atoms with E-state index in [1.165, 1.54) is 12.1 Å². The van der Waals surface area contributed by atoms with Crippen LogP contribution in [0.5, 0.6) is 0 Å². The Bertz CT molecular complexity index is 491. The minimum Gasteiger partial charge on any atom is -0.351 e. The van der Waals surface area contributed by atoms with E-state index >= 15 is 0 Å². The van der Waals surface area contributed by atoms with Crippen molar-refractivity contribution >= 4 is 18.3 Å². The van der Waals surface area contributed by atoms with Gasteiger partial charge in [0.2, 0.25) is 5.91 Å². The average Bonchev–Trinajstić information content (AvgIpc) is 2.42. The van der Waals surface area contributed by atoms with Crippen LogP contribution in [0, 0.1) is 5.82 Å². The Morgan fingerprint density at radius 3 is 2.68 bits per heavy atom. The molecule has 0 aromatic heterocycles. The van der Waals surface area contributed by atoms with Crippen molar-refractivity contribution in [2.45, 2.75) is 56.9 Å². The molecular formula is C17H26ClFN2O. The molecule has 0 spiro atoms. The van der Waals surface area contributed by atoms with Gasteiger partial charge in [0.25, 0.3) is 0 Å². The van der Waals surface area contributed by atoms with Gasteiger partial charge in [0.15, 0.2) is 0 Å². The van der Waals surface area contributed by atoms with Crippen LogP contribution < -0.4 is 11.1 Å². The quantitative estimate of drug-likeness (QED) is 0.807. The summed E-state index contributed by atoms with van der Waals surface area (Å²) in [6.07, 6.45) is 5.61. The Morgan fingerprint density at radius 1 is 1.45 bits per heavy atom. The third-order valence-electron chi connectivity index (χ3n) is 4.54. The molecule has 1 aromatic rings.